The van der Waals surface area contributed by atoms with E-state index in [9.17, 15) is 0 Å². The first-order chi connectivity index (χ1) is 10.0. The first-order valence-corrected chi connectivity index (χ1v) is 8.31. The van der Waals surface area contributed by atoms with E-state index in [0.717, 1.165) is 20.9 Å². The highest BCUT2D eigenvalue weighted by Crippen LogP contribution is 2.35. The summed E-state index contributed by atoms with van der Waals surface area (Å²) in [5.74, 6) is 0.750. The van der Waals surface area contributed by atoms with Crippen LogP contribution in [0.25, 0.3) is 10.2 Å². The number of nitrogens with zero attached hydrogens (tertiary/aromatic N) is 3. The van der Waals surface area contributed by atoms with Gasteiger partial charge in [-0.05, 0) is 22.9 Å². The molecule has 3 aromatic rings. The summed E-state index contributed by atoms with van der Waals surface area (Å²) in [4.78, 5) is 12.0. The zero-order valence-electron chi connectivity index (χ0n) is 12.1. The van der Waals surface area contributed by atoms with Crippen molar-refractivity contribution in [3.63, 3.8) is 0 Å². The van der Waals surface area contributed by atoms with Gasteiger partial charge in [0.25, 0.3) is 0 Å². The Bertz CT molecular complexity index is 767. The standard InChI is InChI=1S/C15H16N4S2/c1-15(2,3)12-7-11-13(16-9-17-14(11)21-12)19-18-8-10-5-4-6-20-10/h4-9H,1-3H3,(H,16,17,19)/b18-8-. The molecule has 3 rings (SSSR count). The lowest BCUT2D eigenvalue weighted by atomic mass is 9.94. The van der Waals surface area contributed by atoms with Crippen LogP contribution in [0, 0.1) is 0 Å². The van der Waals surface area contributed by atoms with Gasteiger partial charge in [-0.3, -0.25) is 5.43 Å². The van der Waals surface area contributed by atoms with Crippen molar-refractivity contribution < 1.29 is 0 Å². The Morgan fingerprint density at radius 2 is 2.14 bits per heavy atom. The summed E-state index contributed by atoms with van der Waals surface area (Å²) in [5.41, 5.74) is 3.14. The summed E-state index contributed by atoms with van der Waals surface area (Å²) in [6.45, 7) is 6.60. The van der Waals surface area contributed by atoms with Crippen LogP contribution in [0.15, 0.2) is 35.0 Å². The fourth-order valence-electron chi connectivity index (χ4n) is 1.84. The lowest BCUT2D eigenvalue weighted by molar-refractivity contribution is 0.604. The maximum Gasteiger partial charge on any atom is 0.158 e. The molecule has 0 aliphatic heterocycles. The molecule has 0 fully saturated rings. The van der Waals surface area contributed by atoms with E-state index in [1.165, 1.54) is 4.88 Å². The molecule has 0 aliphatic rings. The average molecular weight is 316 g/mol. The van der Waals surface area contributed by atoms with Gasteiger partial charge in [-0.2, -0.15) is 5.10 Å². The molecule has 0 radical (unpaired) electrons. The molecule has 1 N–H and O–H groups in total. The average Bonchev–Trinajstić information content (AvgIpc) is 3.06. The SMILES string of the molecule is CC(C)(C)c1cc2c(N/N=C\c3cccs3)ncnc2s1. The molecule has 4 nitrogen and oxygen atoms in total. The van der Waals surface area contributed by atoms with Crippen molar-refractivity contribution >= 4 is 44.9 Å². The highest BCUT2D eigenvalue weighted by atomic mass is 32.1. The van der Waals surface area contributed by atoms with Crippen LogP contribution in [0.5, 0.6) is 0 Å². The van der Waals surface area contributed by atoms with Crippen molar-refractivity contribution in [1.82, 2.24) is 9.97 Å². The van der Waals surface area contributed by atoms with E-state index in [0.29, 0.717) is 0 Å². The minimum absolute atomic E-state index is 0.114. The quantitative estimate of drug-likeness (QED) is 0.572. The number of aromatic nitrogens is 2. The Kier molecular flexibility index (Phi) is 3.73. The van der Waals surface area contributed by atoms with Gasteiger partial charge in [-0.25, -0.2) is 9.97 Å². The number of hydrogen-bond acceptors (Lipinski definition) is 6. The molecule has 0 atom stereocenters. The van der Waals surface area contributed by atoms with E-state index in [2.05, 4.69) is 47.3 Å². The smallest absolute Gasteiger partial charge is 0.158 e. The van der Waals surface area contributed by atoms with Crippen LogP contribution in [-0.4, -0.2) is 16.2 Å². The molecular formula is C15H16N4S2. The molecule has 0 unspecified atom stereocenters. The number of rotatable bonds is 3. The third kappa shape index (κ3) is 3.11. The monoisotopic (exact) mass is 316 g/mol. The minimum Gasteiger partial charge on any atom is -0.261 e. The molecule has 3 aromatic heterocycles. The van der Waals surface area contributed by atoms with Gasteiger partial charge in [0.1, 0.15) is 11.2 Å². The second-order valence-corrected chi connectivity index (χ2v) is 7.70. The Balaban J connectivity index is 1.90. The maximum atomic E-state index is 4.35. The minimum atomic E-state index is 0.114. The largest absolute Gasteiger partial charge is 0.261 e. The zero-order chi connectivity index (χ0) is 14.9. The molecule has 0 aromatic carbocycles. The van der Waals surface area contributed by atoms with E-state index in [1.54, 1.807) is 35.2 Å². The second kappa shape index (κ2) is 5.54. The summed E-state index contributed by atoms with van der Waals surface area (Å²) < 4.78 is 0. The molecular weight excluding hydrogens is 300 g/mol. The van der Waals surface area contributed by atoms with Gasteiger partial charge in [-0.1, -0.05) is 26.8 Å². The lowest BCUT2D eigenvalue weighted by Gasteiger charge is -2.14. The highest BCUT2D eigenvalue weighted by Gasteiger charge is 2.18. The predicted molar refractivity (Wildman–Crippen MR) is 91.7 cm³/mol. The van der Waals surface area contributed by atoms with Crippen molar-refractivity contribution in [2.45, 2.75) is 26.2 Å². The molecule has 6 heteroatoms. The summed E-state index contributed by atoms with van der Waals surface area (Å²) in [5, 5.41) is 7.31. The van der Waals surface area contributed by atoms with E-state index >= 15 is 0 Å². The van der Waals surface area contributed by atoms with Gasteiger partial charge in [0.2, 0.25) is 0 Å². The van der Waals surface area contributed by atoms with Crippen LogP contribution in [-0.2, 0) is 5.41 Å². The first kappa shape index (κ1) is 14.2. The van der Waals surface area contributed by atoms with Crippen molar-refractivity contribution in [2.24, 2.45) is 5.10 Å². The molecule has 0 aliphatic carbocycles. The highest BCUT2D eigenvalue weighted by molar-refractivity contribution is 7.18. The molecule has 0 spiro atoms. The van der Waals surface area contributed by atoms with Gasteiger partial charge < -0.3 is 0 Å². The number of hydrazone groups is 1. The number of nitrogens with one attached hydrogen (secondary N) is 1. The molecule has 108 valence electrons. The van der Waals surface area contributed by atoms with Crippen LogP contribution in [0.3, 0.4) is 0 Å². The topological polar surface area (TPSA) is 50.2 Å². The summed E-state index contributed by atoms with van der Waals surface area (Å²) >= 11 is 3.36. The van der Waals surface area contributed by atoms with E-state index in [-0.39, 0.29) is 5.41 Å². The Labute approximate surface area is 131 Å². The summed E-state index contributed by atoms with van der Waals surface area (Å²) in [6.07, 6.45) is 3.38. The normalized spacial score (nSPS) is 12.3. The molecule has 0 saturated heterocycles. The molecule has 0 bridgehead atoms. The van der Waals surface area contributed by atoms with Crippen molar-refractivity contribution in [3.8, 4) is 0 Å². The van der Waals surface area contributed by atoms with Crippen molar-refractivity contribution in [2.75, 3.05) is 5.43 Å². The van der Waals surface area contributed by atoms with Crippen molar-refractivity contribution in [1.29, 1.82) is 0 Å². The molecule has 0 saturated carbocycles. The number of anilines is 1. The van der Waals surface area contributed by atoms with Gasteiger partial charge in [-0.15, -0.1) is 22.7 Å². The lowest BCUT2D eigenvalue weighted by Crippen LogP contribution is -2.07. The fourth-order valence-corrected chi connectivity index (χ4v) is 3.48. The van der Waals surface area contributed by atoms with Crippen LogP contribution in [0.4, 0.5) is 5.82 Å². The molecule has 21 heavy (non-hydrogen) atoms. The van der Waals surface area contributed by atoms with E-state index < -0.39 is 0 Å². The van der Waals surface area contributed by atoms with Gasteiger partial charge in [0.15, 0.2) is 5.82 Å². The second-order valence-electron chi connectivity index (χ2n) is 5.69. The number of fused-ring (bicyclic) bond motifs is 1. The maximum absolute atomic E-state index is 4.35. The van der Waals surface area contributed by atoms with Crippen LogP contribution < -0.4 is 5.43 Å². The third-order valence-electron chi connectivity index (χ3n) is 2.97. The summed E-state index contributed by atoms with van der Waals surface area (Å²) in [7, 11) is 0. The van der Waals surface area contributed by atoms with Crippen LogP contribution in [0.1, 0.15) is 30.5 Å². The number of hydrogen-bond donors (Lipinski definition) is 1. The number of thiophene rings is 2. The molecule has 3 heterocycles. The fraction of sp³-hybridized carbons (Fsp3) is 0.267. The first-order valence-electron chi connectivity index (χ1n) is 6.61. The predicted octanol–water partition coefficient (Wildman–Crippen LogP) is 4.50. The van der Waals surface area contributed by atoms with E-state index in [4.69, 9.17) is 0 Å². The van der Waals surface area contributed by atoms with Crippen LogP contribution in [0.2, 0.25) is 0 Å². The van der Waals surface area contributed by atoms with Crippen LogP contribution >= 0.6 is 22.7 Å². The van der Waals surface area contributed by atoms with Gasteiger partial charge in [0.05, 0.1) is 11.6 Å². The Morgan fingerprint density at radius 3 is 2.86 bits per heavy atom. The Hall–Kier alpha value is -1.79. The summed E-state index contributed by atoms with van der Waals surface area (Å²) in [6, 6.07) is 6.18. The van der Waals surface area contributed by atoms with Gasteiger partial charge in [0, 0.05) is 9.75 Å². The Morgan fingerprint density at radius 1 is 1.29 bits per heavy atom. The third-order valence-corrected chi connectivity index (χ3v) is 5.25. The molecule has 0 amide bonds. The van der Waals surface area contributed by atoms with Gasteiger partial charge >= 0.3 is 0 Å². The van der Waals surface area contributed by atoms with E-state index in [1.807, 2.05) is 17.5 Å². The zero-order valence-corrected chi connectivity index (χ0v) is 13.8. The van der Waals surface area contributed by atoms with Crippen molar-refractivity contribution in [3.05, 3.63) is 39.7 Å².